The van der Waals surface area contributed by atoms with E-state index in [1.54, 1.807) is 7.11 Å². The Morgan fingerprint density at radius 3 is 2.94 bits per heavy atom. The zero-order valence-electron chi connectivity index (χ0n) is 9.44. The van der Waals surface area contributed by atoms with Gasteiger partial charge in [-0.2, -0.15) is 0 Å². The van der Waals surface area contributed by atoms with Gasteiger partial charge in [0, 0.05) is 29.0 Å². The van der Waals surface area contributed by atoms with Gasteiger partial charge in [0.15, 0.2) is 0 Å². The van der Waals surface area contributed by atoms with Gasteiger partial charge >= 0.3 is 5.97 Å². The largest absolute Gasteiger partial charge is 0.496 e. The van der Waals surface area contributed by atoms with Crippen molar-refractivity contribution in [2.24, 2.45) is 5.92 Å². The van der Waals surface area contributed by atoms with Crippen molar-refractivity contribution in [2.75, 3.05) is 20.2 Å². The second kappa shape index (κ2) is 5.06. The summed E-state index contributed by atoms with van der Waals surface area (Å²) in [6, 6.07) is 5.68. The number of rotatable bonds is 3. The van der Waals surface area contributed by atoms with Gasteiger partial charge in [-0.3, -0.25) is 4.79 Å². The molecule has 2 N–H and O–H groups in total. The molecule has 0 saturated carbocycles. The molecule has 2 rings (SSSR count). The summed E-state index contributed by atoms with van der Waals surface area (Å²) in [7, 11) is 1.60. The van der Waals surface area contributed by atoms with E-state index in [1.165, 1.54) is 0 Å². The summed E-state index contributed by atoms with van der Waals surface area (Å²) >= 11 is 3.41. The third-order valence-corrected chi connectivity index (χ3v) is 3.62. The molecular formula is C12H14BrNO3. The predicted octanol–water partition coefficient (Wildman–Crippen LogP) is 1.85. The molecule has 4 nitrogen and oxygen atoms in total. The van der Waals surface area contributed by atoms with Crippen LogP contribution in [0.4, 0.5) is 0 Å². The first-order chi connectivity index (χ1) is 8.13. The Balaban J connectivity index is 2.38. The average molecular weight is 300 g/mol. The summed E-state index contributed by atoms with van der Waals surface area (Å²) in [5, 5.41) is 12.3. The van der Waals surface area contributed by atoms with Crippen LogP contribution < -0.4 is 10.1 Å². The zero-order chi connectivity index (χ0) is 12.4. The number of benzene rings is 1. The third-order valence-electron chi connectivity index (χ3n) is 3.12. The number of halogens is 1. The van der Waals surface area contributed by atoms with Gasteiger partial charge in [0.1, 0.15) is 5.75 Å². The van der Waals surface area contributed by atoms with E-state index in [0.29, 0.717) is 13.1 Å². The summed E-state index contributed by atoms with van der Waals surface area (Å²) in [4.78, 5) is 11.2. The van der Waals surface area contributed by atoms with E-state index in [0.717, 1.165) is 15.8 Å². The molecule has 5 heteroatoms. The minimum Gasteiger partial charge on any atom is -0.496 e. The van der Waals surface area contributed by atoms with Crippen molar-refractivity contribution in [3.05, 3.63) is 28.2 Å². The van der Waals surface area contributed by atoms with Gasteiger partial charge in [-0.15, -0.1) is 0 Å². The van der Waals surface area contributed by atoms with Gasteiger partial charge in [0.2, 0.25) is 0 Å². The Morgan fingerprint density at radius 1 is 1.53 bits per heavy atom. The van der Waals surface area contributed by atoms with Crippen molar-refractivity contribution in [1.82, 2.24) is 5.32 Å². The Kier molecular flexibility index (Phi) is 3.69. The standard InChI is InChI=1S/C12H14BrNO3/c1-17-11-3-2-7(13)4-8(11)9-5-14-6-10(9)12(15)16/h2-4,9-10,14H,5-6H2,1H3,(H,15,16). The number of carboxylic acid groups (broad SMARTS) is 1. The SMILES string of the molecule is COc1ccc(Br)cc1C1CNCC1C(=O)O. The molecule has 0 amide bonds. The molecule has 0 radical (unpaired) electrons. The second-order valence-electron chi connectivity index (χ2n) is 4.10. The molecule has 17 heavy (non-hydrogen) atoms. The Bertz CT molecular complexity index is 436. The van der Waals surface area contributed by atoms with Gasteiger partial charge in [-0.25, -0.2) is 0 Å². The lowest BCUT2D eigenvalue weighted by Gasteiger charge is -2.18. The second-order valence-corrected chi connectivity index (χ2v) is 5.01. The smallest absolute Gasteiger partial charge is 0.308 e. The fraction of sp³-hybridized carbons (Fsp3) is 0.417. The molecular weight excluding hydrogens is 286 g/mol. The summed E-state index contributed by atoms with van der Waals surface area (Å²) in [6.07, 6.45) is 0. The lowest BCUT2D eigenvalue weighted by Crippen LogP contribution is -2.21. The molecule has 1 aliphatic rings. The summed E-state index contributed by atoms with van der Waals surface area (Å²) < 4.78 is 6.23. The fourth-order valence-electron chi connectivity index (χ4n) is 2.26. The van der Waals surface area contributed by atoms with Gasteiger partial charge in [-0.1, -0.05) is 15.9 Å². The van der Waals surface area contributed by atoms with Gasteiger partial charge in [0.05, 0.1) is 13.0 Å². The Hall–Kier alpha value is -1.07. The molecule has 1 aliphatic heterocycles. The molecule has 0 bridgehead atoms. The Morgan fingerprint density at radius 2 is 2.29 bits per heavy atom. The molecule has 2 unspecified atom stereocenters. The monoisotopic (exact) mass is 299 g/mol. The molecule has 1 saturated heterocycles. The minimum atomic E-state index is -0.762. The number of hydrogen-bond donors (Lipinski definition) is 2. The van der Waals surface area contributed by atoms with Crippen LogP contribution in [0.15, 0.2) is 22.7 Å². The van der Waals surface area contributed by atoms with Crippen LogP contribution in [0.3, 0.4) is 0 Å². The lowest BCUT2D eigenvalue weighted by atomic mass is 9.88. The molecule has 0 aromatic heterocycles. The highest BCUT2D eigenvalue weighted by atomic mass is 79.9. The van der Waals surface area contributed by atoms with Gasteiger partial charge in [-0.05, 0) is 18.2 Å². The van der Waals surface area contributed by atoms with Crippen molar-refractivity contribution in [3.63, 3.8) is 0 Å². The summed E-state index contributed by atoms with van der Waals surface area (Å²) in [6.45, 7) is 1.18. The first-order valence-electron chi connectivity index (χ1n) is 5.40. The minimum absolute atomic E-state index is 0.0417. The highest BCUT2D eigenvalue weighted by Crippen LogP contribution is 2.36. The highest BCUT2D eigenvalue weighted by molar-refractivity contribution is 9.10. The number of aliphatic carboxylic acids is 1. The maximum atomic E-state index is 11.2. The molecule has 1 aromatic carbocycles. The molecule has 0 aliphatic carbocycles. The maximum absolute atomic E-state index is 11.2. The zero-order valence-corrected chi connectivity index (χ0v) is 11.0. The van der Waals surface area contributed by atoms with Crippen LogP contribution in [-0.2, 0) is 4.79 Å². The van der Waals surface area contributed by atoms with Crippen LogP contribution in [-0.4, -0.2) is 31.3 Å². The Labute approximate surface area is 108 Å². The van der Waals surface area contributed by atoms with E-state index in [-0.39, 0.29) is 5.92 Å². The van der Waals surface area contributed by atoms with E-state index >= 15 is 0 Å². The number of carboxylic acids is 1. The summed E-state index contributed by atoms with van der Waals surface area (Å²) in [5.41, 5.74) is 0.944. The van der Waals surface area contributed by atoms with E-state index in [1.807, 2.05) is 18.2 Å². The third kappa shape index (κ3) is 2.45. The van der Waals surface area contributed by atoms with E-state index in [4.69, 9.17) is 4.74 Å². The van der Waals surface area contributed by atoms with Gasteiger partial charge < -0.3 is 15.2 Å². The average Bonchev–Trinajstić information content (AvgIpc) is 2.77. The van der Waals surface area contributed by atoms with E-state index in [2.05, 4.69) is 21.2 Å². The molecule has 0 spiro atoms. The molecule has 1 heterocycles. The maximum Gasteiger partial charge on any atom is 0.308 e. The van der Waals surface area contributed by atoms with Crippen molar-refractivity contribution in [1.29, 1.82) is 0 Å². The number of carbonyl (C=O) groups is 1. The molecule has 1 aromatic rings. The molecule has 2 atom stereocenters. The normalized spacial score (nSPS) is 23.6. The van der Waals surface area contributed by atoms with Crippen molar-refractivity contribution in [2.45, 2.75) is 5.92 Å². The van der Waals surface area contributed by atoms with Crippen LogP contribution >= 0.6 is 15.9 Å². The summed E-state index contributed by atoms with van der Waals surface area (Å²) in [5.74, 6) is -0.451. The van der Waals surface area contributed by atoms with E-state index < -0.39 is 11.9 Å². The van der Waals surface area contributed by atoms with Crippen molar-refractivity contribution in [3.8, 4) is 5.75 Å². The number of hydrogen-bond acceptors (Lipinski definition) is 3. The van der Waals surface area contributed by atoms with Crippen LogP contribution in [0, 0.1) is 5.92 Å². The number of ether oxygens (including phenoxy) is 1. The lowest BCUT2D eigenvalue weighted by molar-refractivity contribution is -0.141. The predicted molar refractivity (Wildman–Crippen MR) is 67.4 cm³/mol. The van der Waals surface area contributed by atoms with Crippen LogP contribution in [0.1, 0.15) is 11.5 Å². The first kappa shape index (κ1) is 12.4. The topological polar surface area (TPSA) is 58.6 Å². The number of methoxy groups -OCH3 is 1. The van der Waals surface area contributed by atoms with Crippen molar-refractivity contribution >= 4 is 21.9 Å². The highest BCUT2D eigenvalue weighted by Gasteiger charge is 2.35. The quantitative estimate of drug-likeness (QED) is 0.894. The van der Waals surface area contributed by atoms with Gasteiger partial charge in [0.25, 0.3) is 0 Å². The molecule has 1 fully saturated rings. The fourth-order valence-corrected chi connectivity index (χ4v) is 2.64. The van der Waals surface area contributed by atoms with Crippen LogP contribution in [0.5, 0.6) is 5.75 Å². The van der Waals surface area contributed by atoms with Crippen molar-refractivity contribution < 1.29 is 14.6 Å². The van der Waals surface area contributed by atoms with Crippen LogP contribution in [0.2, 0.25) is 0 Å². The number of nitrogens with one attached hydrogen (secondary N) is 1. The molecule has 92 valence electrons. The van der Waals surface area contributed by atoms with Crippen LogP contribution in [0.25, 0.3) is 0 Å². The van der Waals surface area contributed by atoms with E-state index in [9.17, 15) is 9.90 Å². The first-order valence-corrected chi connectivity index (χ1v) is 6.19.